The van der Waals surface area contributed by atoms with Crippen LogP contribution in [0.25, 0.3) is 11.4 Å². The highest BCUT2D eigenvalue weighted by atomic mass is 16.5. The molecule has 0 bridgehead atoms. The van der Waals surface area contributed by atoms with Crippen LogP contribution in [0.1, 0.15) is 85.0 Å². The van der Waals surface area contributed by atoms with E-state index >= 15 is 0 Å². The third kappa shape index (κ3) is 9.60. The van der Waals surface area contributed by atoms with E-state index in [-0.39, 0.29) is 0 Å². The van der Waals surface area contributed by atoms with Gasteiger partial charge in [0.1, 0.15) is 5.75 Å². The highest BCUT2D eigenvalue weighted by Crippen LogP contribution is 2.21. The number of hydrogen-bond donors (Lipinski definition) is 0. The highest BCUT2D eigenvalue weighted by molar-refractivity contribution is 5.56. The van der Waals surface area contributed by atoms with Gasteiger partial charge in [-0.25, -0.2) is 9.97 Å². The predicted octanol–water partition coefficient (Wildman–Crippen LogP) is 7.48. The monoisotopic (exact) mass is 412 g/mol. The summed E-state index contributed by atoms with van der Waals surface area (Å²) < 4.78 is 11.6. The number of benzene rings is 1. The van der Waals surface area contributed by atoms with Crippen molar-refractivity contribution in [1.29, 1.82) is 0 Å². The first kappa shape index (κ1) is 24.2. The zero-order valence-electron chi connectivity index (χ0n) is 19.2. The quantitative estimate of drug-likeness (QED) is 0.268. The number of hydrogen-bond acceptors (Lipinski definition) is 4. The lowest BCUT2D eigenvalue weighted by Crippen LogP contribution is -1.99. The summed E-state index contributed by atoms with van der Waals surface area (Å²) in [5.41, 5.74) is 0.986. The second-order valence-corrected chi connectivity index (χ2v) is 8.24. The van der Waals surface area contributed by atoms with E-state index < -0.39 is 0 Å². The van der Waals surface area contributed by atoms with Crippen molar-refractivity contribution in [2.75, 3.05) is 13.2 Å². The average molecular weight is 413 g/mol. The lowest BCUT2D eigenvalue weighted by Gasteiger charge is -2.08. The molecule has 0 saturated heterocycles. The molecule has 4 nitrogen and oxygen atoms in total. The predicted molar refractivity (Wildman–Crippen MR) is 125 cm³/mol. The molecule has 0 aliphatic rings. The Morgan fingerprint density at radius 1 is 0.733 bits per heavy atom. The van der Waals surface area contributed by atoms with E-state index in [9.17, 15) is 0 Å². The van der Waals surface area contributed by atoms with Crippen molar-refractivity contribution in [3.05, 3.63) is 36.7 Å². The summed E-state index contributed by atoms with van der Waals surface area (Å²) in [5, 5.41) is 0. The number of nitrogens with zero attached hydrogens (tertiary/aromatic N) is 2. The Labute approximate surface area is 183 Å². The van der Waals surface area contributed by atoms with Crippen LogP contribution < -0.4 is 9.47 Å². The van der Waals surface area contributed by atoms with E-state index in [1.807, 2.05) is 24.3 Å². The largest absolute Gasteiger partial charge is 0.494 e. The van der Waals surface area contributed by atoms with Crippen LogP contribution in [-0.2, 0) is 0 Å². The van der Waals surface area contributed by atoms with E-state index in [4.69, 9.17) is 9.47 Å². The van der Waals surface area contributed by atoms with Gasteiger partial charge in [0.25, 0.3) is 0 Å². The summed E-state index contributed by atoms with van der Waals surface area (Å²) in [5.74, 6) is 3.22. The van der Waals surface area contributed by atoms with Gasteiger partial charge in [-0.05, 0) is 43.0 Å². The van der Waals surface area contributed by atoms with Crippen molar-refractivity contribution in [2.24, 2.45) is 5.92 Å². The smallest absolute Gasteiger partial charge is 0.159 e. The maximum Gasteiger partial charge on any atom is 0.159 e. The minimum atomic E-state index is 0.709. The summed E-state index contributed by atoms with van der Waals surface area (Å²) in [7, 11) is 0. The molecular formula is C26H40N2O2. The zero-order valence-corrected chi connectivity index (χ0v) is 19.2. The van der Waals surface area contributed by atoms with Crippen LogP contribution in [0.2, 0.25) is 0 Å². The molecule has 1 atom stereocenters. The molecule has 1 aromatic heterocycles. The molecule has 1 aromatic carbocycles. The average Bonchev–Trinajstić information content (AvgIpc) is 2.79. The summed E-state index contributed by atoms with van der Waals surface area (Å²) in [6.45, 7) is 8.33. The van der Waals surface area contributed by atoms with Gasteiger partial charge in [0, 0.05) is 5.56 Å². The molecule has 0 aliphatic carbocycles. The van der Waals surface area contributed by atoms with Crippen LogP contribution in [0, 0.1) is 5.92 Å². The Hall–Kier alpha value is -2.10. The van der Waals surface area contributed by atoms with Gasteiger partial charge >= 0.3 is 0 Å². The van der Waals surface area contributed by atoms with Crippen molar-refractivity contribution in [1.82, 2.24) is 9.97 Å². The maximum absolute atomic E-state index is 5.80. The molecule has 4 heteroatoms. The second kappa shape index (κ2) is 14.8. The van der Waals surface area contributed by atoms with Crippen LogP contribution in [0.5, 0.6) is 11.5 Å². The molecule has 1 heterocycles. The molecule has 166 valence electrons. The molecule has 0 fully saturated rings. The van der Waals surface area contributed by atoms with Gasteiger partial charge in [-0.2, -0.15) is 0 Å². The normalized spacial score (nSPS) is 12.0. The second-order valence-electron chi connectivity index (χ2n) is 8.24. The fraction of sp³-hybridized carbons (Fsp3) is 0.615. The summed E-state index contributed by atoms with van der Waals surface area (Å²) >= 11 is 0. The summed E-state index contributed by atoms with van der Waals surface area (Å²) in [6.07, 6.45) is 16.0. The highest BCUT2D eigenvalue weighted by Gasteiger charge is 2.04. The van der Waals surface area contributed by atoms with Crippen molar-refractivity contribution in [3.8, 4) is 22.9 Å². The molecule has 0 amide bonds. The molecule has 2 rings (SSSR count). The van der Waals surface area contributed by atoms with Crippen molar-refractivity contribution >= 4 is 0 Å². The zero-order chi connectivity index (χ0) is 21.4. The molecule has 2 aromatic rings. The third-order valence-corrected chi connectivity index (χ3v) is 5.56. The summed E-state index contributed by atoms with van der Waals surface area (Å²) in [4.78, 5) is 8.90. The fourth-order valence-electron chi connectivity index (χ4n) is 3.30. The van der Waals surface area contributed by atoms with Gasteiger partial charge in [-0.1, -0.05) is 72.1 Å². The van der Waals surface area contributed by atoms with Crippen molar-refractivity contribution in [3.63, 3.8) is 0 Å². The van der Waals surface area contributed by atoms with Crippen molar-refractivity contribution in [2.45, 2.75) is 85.0 Å². The lowest BCUT2D eigenvalue weighted by molar-refractivity contribution is 0.301. The molecule has 0 aliphatic heterocycles. The summed E-state index contributed by atoms with van der Waals surface area (Å²) in [6, 6.07) is 7.98. The third-order valence-electron chi connectivity index (χ3n) is 5.56. The molecular weight excluding hydrogens is 372 g/mol. The number of unbranched alkanes of at least 4 members (excludes halogenated alkanes) is 6. The SMILES string of the molecule is CCCCCOc1ccc(-c2ncc(OCCCCCCCC(C)CC)cn2)cc1. The van der Waals surface area contributed by atoms with E-state index in [2.05, 4.69) is 30.7 Å². The fourth-order valence-corrected chi connectivity index (χ4v) is 3.30. The van der Waals surface area contributed by atoms with E-state index in [1.54, 1.807) is 12.4 Å². The van der Waals surface area contributed by atoms with E-state index in [0.29, 0.717) is 5.82 Å². The van der Waals surface area contributed by atoms with Crippen molar-refractivity contribution < 1.29 is 9.47 Å². The van der Waals surface area contributed by atoms with Crippen LogP contribution in [0.15, 0.2) is 36.7 Å². The number of ether oxygens (including phenoxy) is 2. The van der Waals surface area contributed by atoms with Gasteiger partial charge in [0.2, 0.25) is 0 Å². The van der Waals surface area contributed by atoms with Crippen LogP contribution in [0.3, 0.4) is 0 Å². The van der Waals surface area contributed by atoms with Gasteiger partial charge < -0.3 is 9.47 Å². The molecule has 0 radical (unpaired) electrons. The first-order valence-electron chi connectivity index (χ1n) is 11.9. The first-order valence-corrected chi connectivity index (χ1v) is 11.9. The molecule has 1 unspecified atom stereocenters. The minimum absolute atomic E-state index is 0.709. The first-order chi connectivity index (χ1) is 14.7. The Balaban J connectivity index is 1.63. The minimum Gasteiger partial charge on any atom is -0.494 e. The topological polar surface area (TPSA) is 44.2 Å². The molecule has 0 saturated carbocycles. The standard InChI is InChI=1S/C26H40N2O2/c1-4-6-11-18-29-24-16-14-23(15-17-24)26-27-20-25(21-28-26)30-19-12-9-7-8-10-13-22(3)5-2/h14-17,20-22H,4-13,18-19H2,1-3H3. The lowest BCUT2D eigenvalue weighted by atomic mass is 10.0. The Morgan fingerprint density at radius 3 is 2.00 bits per heavy atom. The van der Waals surface area contributed by atoms with Gasteiger partial charge in [0.15, 0.2) is 11.6 Å². The van der Waals surface area contributed by atoms with Crippen LogP contribution in [-0.4, -0.2) is 23.2 Å². The molecule has 30 heavy (non-hydrogen) atoms. The van der Waals surface area contributed by atoms with Gasteiger partial charge in [0.05, 0.1) is 25.6 Å². The number of aromatic nitrogens is 2. The Bertz CT molecular complexity index is 670. The van der Waals surface area contributed by atoms with E-state index in [0.717, 1.165) is 49.0 Å². The molecule has 0 spiro atoms. The number of rotatable bonds is 16. The van der Waals surface area contributed by atoms with Gasteiger partial charge in [-0.3, -0.25) is 0 Å². The maximum atomic E-state index is 5.80. The van der Waals surface area contributed by atoms with Crippen LogP contribution in [0.4, 0.5) is 0 Å². The Kier molecular flexibility index (Phi) is 11.9. The van der Waals surface area contributed by atoms with Gasteiger partial charge in [-0.15, -0.1) is 0 Å². The van der Waals surface area contributed by atoms with Crippen LogP contribution >= 0.6 is 0 Å². The van der Waals surface area contributed by atoms with E-state index in [1.165, 1.54) is 51.4 Å². The Morgan fingerprint density at radius 2 is 1.33 bits per heavy atom. The molecule has 0 N–H and O–H groups in total.